The van der Waals surface area contributed by atoms with E-state index in [1.54, 1.807) is 42.5 Å². The highest BCUT2D eigenvalue weighted by Crippen LogP contribution is 2.27. The Morgan fingerprint density at radius 3 is 2.07 bits per heavy atom. The van der Waals surface area contributed by atoms with Gasteiger partial charge in [0.1, 0.15) is 5.75 Å². The Morgan fingerprint density at radius 2 is 1.56 bits per heavy atom. The molecule has 2 amide bonds. The molecule has 0 heterocycles. The van der Waals surface area contributed by atoms with E-state index in [0.29, 0.717) is 35.0 Å². The van der Waals surface area contributed by atoms with Crippen LogP contribution in [0.3, 0.4) is 0 Å². The summed E-state index contributed by atoms with van der Waals surface area (Å²) in [5, 5.41) is 5.69. The van der Waals surface area contributed by atoms with Crippen molar-refractivity contribution in [2.24, 2.45) is 5.92 Å². The van der Waals surface area contributed by atoms with Crippen LogP contribution in [0.15, 0.2) is 46.9 Å². The summed E-state index contributed by atoms with van der Waals surface area (Å²) in [5.74, 6) is 0.766. The minimum atomic E-state index is -0.219. The van der Waals surface area contributed by atoms with Crippen LogP contribution in [0.2, 0.25) is 0 Å². The van der Waals surface area contributed by atoms with Gasteiger partial charge in [0, 0.05) is 23.4 Å². The van der Waals surface area contributed by atoms with E-state index >= 15 is 0 Å². The fraction of sp³-hybridized carbons (Fsp3) is 0.333. The molecule has 0 atom stereocenters. The van der Waals surface area contributed by atoms with Crippen LogP contribution in [0, 0.1) is 5.92 Å². The highest BCUT2D eigenvalue weighted by Gasteiger charge is 2.11. The van der Waals surface area contributed by atoms with Crippen molar-refractivity contribution in [1.82, 2.24) is 0 Å². The number of carbonyl (C=O) groups excluding carboxylic acids is 2. The monoisotopic (exact) mass is 432 g/mol. The van der Waals surface area contributed by atoms with Crippen LogP contribution >= 0.6 is 15.9 Å². The van der Waals surface area contributed by atoms with E-state index in [1.165, 1.54) is 0 Å². The lowest BCUT2D eigenvalue weighted by atomic mass is 10.1. The SMILES string of the molecule is CC(C)CC(=O)Nc1ccc(NC(=O)c2ccc(OC(C)C)c(Br)c2)cc1. The maximum absolute atomic E-state index is 12.4. The summed E-state index contributed by atoms with van der Waals surface area (Å²) in [6, 6.07) is 12.3. The molecular formula is C21H25BrN2O3. The third-order valence-corrected chi connectivity index (χ3v) is 4.20. The normalized spacial score (nSPS) is 10.8. The number of halogens is 1. The van der Waals surface area contributed by atoms with Gasteiger partial charge in [0.2, 0.25) is 5.91 Å². The molecule has 2 N–H and O–H groups in total. The van der Waals surface area contributed by atoms with E-state index < -0.39 is 0 Å². The predicted molar refractivity (Wildman–Crippen MR) is 112 cm³/mol. The van der Waals surface area contributed by atoms with Gasteiger partial charge in [-0.1, -0.05) is 13.8 Å². The topological polar surface area (TPSA) is 67.4 Å². The van der Waals surface area contributed by atoms with Crippen molar-refractivity contribution in [2.45, 2.75) is 40.2 Å². The lowest BCUT2D eigenvalue weighted by Crippen LogP contribution is -2.14. The van der Waals surface area contributed by atoms with Crippen LogP contribution in [-0.4, -0.2) is 17.9 Å². The molecule has 0 bridgehead atoms. The van der Waals surface area contributed by atoms with Crippen molar-refractivity contribution in [3.05, 3.63) is 52.5 Å². The fourth-order valence-corrected chi connectivity index (χ4v) is 2.89. The van der Waals surface area contributed by atoms with Gasteiger partial charge in [-0.25, -0.2) is 0 Å². The quantitative estimate of drug-likeness (QED) is 0.608. The van der Waals surface area contributed by atoms with Gasteiger partial charge >= 0.3 is 0 Å². The second-order valence-corrected chi connectivity index (χ2v) is 7.84. The fourth-order valence-electron chi connectivity index (χ4n) is 2.41. The minimum absolute atomic E-state index is 0.0182. The molecule has 2 aromatic rings. The first-order chi connectivity index (χ1) is 12.7. The first kappa shape index (κ1) is 21.0. The van der Waals surface area contributed by atoms with Gasteiger partial charge in [0.25, 0.3) is 5.91 Å². The molecule has 0 saturated carbocycles. The zero-order valence-electron chi connectivity index (χ0n) is 16.0. The van der Waals surface area contributed by atoms with Crippen molar-refractivity contribution in [1.29, 1.82) is 0 Å². The van der Waals surface area contributed by atoms with E-state index in [-0.39, 0.29) is 17.9 Å². The number of benzene rings is 2. The van der Waals surface area contributed by atoms with Gasteiger partial charge < -0.3 is 15.4 Å². The summed E-state index contributed by atoms with van der Waals surface area (Å²) in [5.41, 5.74) is 1.88. The Hall–Kier alpha value is -2.34. The summed E-state index contributed by atoms with van der Waals surface area (Å²) in [7, 11) is 0. The molecule has 0 aliphatic heterocycles. The smallest absolute Gasteiger partial charge is 0.255 e. The average Bonchev–Trinajstić information content (AvgIpc) is 2.57. The molecule has 0 spiro atoms. The van der Waals surface area contributed by atoms with E-state index in [4.69, 9.17) is 4.74 Å². The zero-order chi connectivity index (χ0) is 20.0. The van der Waals surface area contributed by atoms with Crippen LogP contribution in [0.1, 0.15) is 44.5 Å². The summed E-state index contributed by atoms with van der Waals surface area (Å²) in [4.78, 5) is 24.2. The molecule has 2 rings (SSSR count). The lowest BCUT2D eigenvalue weighted by molar-refractivity contribution is -0.116. The van der Waals surface area contributed by atoms with Crippen LogP contribution in [0.4, 0.5) is 11.4 Å². The second kappa shape index (κ2) is 9.55. The second-order valence-electron chi connectivity index (χ2n) is 6.99. The van der Waals surface area contributed by atoms with Crippen molar-refractivity contribution < 1.29 is 14.3 Å². The summed E-state index contributed by atoms with van der Waals surface area (Å²) in [6.45, 7) is 7.89. The predicted octanol–water partition coefficient (Wildman–Crippen LogP) is 5.47. The van der Waals surface area contributed by atoms with E-state index in [2.05, 4.69) is 26.6 Å². The molecular weight excluding hydrogens is 408 g/mol. The zero-order valence-corrected chi connectivity index (χ0v) is 17.6. The molecule has 0 unspecified atom stereocenters. The Labute approximate surface area is 168 Å². The molecule has 27 heavy (non-hydrogen) atoms. The lowest BCUT2D eigenvalue weighted by Gasteiger charge is -2.13. The molecule has 0 fully saturated rings. The van der Waals surface area contributed by atoms with Gasteiger partial charge in [0.15, 0.2) is 0 Å². The third-order valence-electron chi connectivity index (χ3n) is 3.58. The number of carbonyl (C=O) groups is 2. The minimum Gasteiger partial charge on any atom is -0.490 e. The first-order valence-electron chi connectivity index (χ1n) is 8.92. The number of hydrogen-bond donors (Lipinski definition) is 2. The average molecular weight is 433 g/mol. The molecule has 0 aliphatic rings. The number of amides is 2. The summed E-state index contributed by atoms with van der Waals surface area (Å²) >= 11 is 3.43. The number of ether oxygens (including phenoxy) is 1. The van der Waals surface area contributed by atoms with E-state index in [1.807, 2.05) is 27.7 Å². The molecule has 144 valence electrons. The Bertz CT molecular complexity index is 802. The molecule has 0 radical (unpaired) electrons. The van der Waals surface area contributed by atoms with E-state index in [9.17, 15) is 9.59 Å². The third kappa shape index (κ3) is 6.71. The van der Waals surface area contributed by atoms with Gasteiger partial charge in [-0.2, -0.15) is 0 Å². The molecule has 0 aromatic heterocycles. The number of hydrogen-bond acceptors (Lipinski definition) is 3. The van der Waals surface area contributed by atoms with Crippen LogP contribution in [0.5, 0.6) is 5.75 Å². The summed E-state index contributed by atoms with van der Waals surface area (Å²) in [6.07, 6.45) is 0.532. The molecule has 0 saturated heterocycles. The maximum atomic E-state index is 12.4. The Morgan fingerprint density at radius 1 is 0.963 bits per heavy atom. The molecule has 0 aliphatic carbocycles. The van der Waals surface area contributed by atoms with Gasteiger partial charge in [-0.05, 0) is 78.2 Å². The Kier molecular flexibility index (Phi) is 7.42. The van der Waals surface area contributed by atoms with Crippen molar-refractivity contribution in [3.63, 3.8) is 0 Å². The number of rotatable bonds is 7. The van der Waals surface area contributed by atoms with Crippen LogP contribution in [-0.2, 0) is 4.79 Å². The molecule has 6 heteroatoms. The van der Waals surface area contributed by atoms with Gasteiger partial charge in [-0.15, -0.1) is 0 Å². The molecule has 5 nitrogen and oxygen atoms in total. The van der Waals surface area contributed by atoms with E-state index in [0.717, 1.165) is 4.47 Å². The number of nitrogens with one attached hydrogen (secondary N) is 2. The summed E-state index contributed by atoms with van der Waals surface area (Å²) < 4.78 is 6.38. The Balaban J connectivity index is 1.99. The van der Waals surface area contributed by atoms with Crippen molar-refractivity contribution in [3.8, 4) is 5.75 Å². The first-order valence-corrected chi connectivity index (χ1v) is 9.71. The molecule has 2 aromatic carbocycles. The largest absolute Gasteiger partial charge is 0.490 e. The van der Waals surface area contributed by atoms with Gasteiger partial charge in [-0.3, -0.25) is 9.59 Å². The standard InChI is InChI=1S/C21H25BrN2O3/c1-13(2)11-20(25)23-16-6-8-17(9-7-16)24-21(26)15-5-10-19(18(22)12-15)27-14(3)4/h5-10,12-14H,11H2,1-4H3,(H,23,25)(H,24,26). The van der Waals surface area contributed by atoms with Crippen LogP contribution in [0.25, 0.3) is 0 Å². The number of anilines is 2. The van der Waals surface area contributed by atoms with Gasteiger partial charge in [0.05, 0.1) is 10.6 Å². The maximum Gasteiger partial charge on any atom is 0.255 e. The van der Waals surface area contributed by atoms with Crippen LogP contribution < -0.4 is 15.4 Å². The van der Waals surface area contributed by atoms with Crippen molar-refractivity contribution in [2.75, 3.05) is 10.6 Å². The highest BCUT2D eigenvalue weighted by molar-refractivity contribution is 9.10. The van der Waals surface area contributed by atoms with Crippen molar-refractivity contribution >= 4 is 39.1 Å². The highest BCUT2D eigenvalue weighted by atomic mass is 79.9.